The first-order chi connectivity index (χ1) is 24.4. The van der Waals surface area contributed by atoms with Crippen molar-refractivity contribution in [3.05, 3.63) is 12.2 Å². The number of carbonyl (C=O) groups excluding carboxylic acids is 1. The molecule has 50 heavy (non-hydrogen) atoms. The number of rotatable bonds is 41. The number of phosphoric acid groups is 1. The van der Waals surface area contributed by atoms with Gasteiger partial charge in [-0.05, 0) is 38.5 Å². The molecule has 0 aromatic rings. The van der Waals surface area contributed by atoms with E-state index >= 15 is 0 Å². The summed E-state index contributed by atoms with van der Waals surface area (Å²) in [6.07, 6.45) is 40.8. The molecule has 0 rings (SSSR count). The van der Waals surface area contributed by atoms with Crippen LogP contribution in [0, 0.1) is 0 Å². The van der Waals surface area contributed by atoms with E-state index < -0.39 is 13.9 Å². The van der Waals surface area contributed by atoms with Crippen molar-refractivity contribution in [2.45, 2.75) is 213 Å². The largest absolute Gasteiger partial charge is 0.472 e. The summed E-state index contributed by atoms with van der Waals surface area (Å²) < 4.78 is 33.4. The van der Waals surface area contributed by atoms with Crippen LogP contribution in [0.3, 0.4) is 0 Å². The van der Waals surface area contributed by atoms with E-state index in [1.54, 1.807) is 0 Å². The maximum atomic E-state index is 12.5. The smallest absolute Gasteiger partial charge is 0.457 e. The van der Waals surface area contributed by atoms with Gasteiger partial charge in [-0.25, -0.2) is 4.57 Å². The van der Waals surface area contributed by atoms with Gasteiger partial charge in [-0.2, -0.15) is 0 Å². The summed E-state index contributed by atoms with van der Waals surface area (Å²) in [4.78, 5) is 22.4. The summed E-state index contributed by atoms with van der Waals surface area (Å²) in [6.45, 7) is 4.93. The third kappa shape index (κ3) is 38.5. The van der Waals surface area contributed by atoms with E-state index in [9.17, 15) is 14.3 Å². The third-order valence-electron chi connectivity index (χ3n) is 9.18. The monoisotopic (exact) mass is 732 g/mol. The van der Waals surface area contributed by atoms with Crippen LogP contribution in [0.5, 0.6) is 0 Å². The van der Waals surface area contributed by atoms with Crippen molar-refractivity contribution in [2.75, 3.05) is 33.0 Å². The van der Waals surface area contributed by atoms with Crippen molar-refractivity contribution in [1.29, 1.82) is 0 Å². The molecule has 0 bridgehead atoms. The number of unbranched alkanes of at least 4 members (excludes halogenated alkanes) is 26. The second-order valence-electron chi connectivity index (χ2n) is 14.2. The van der Waals surface area contributed by atoms with Crippen LogP contribution in [-0.2, 0) is 27.9 Å². The lowest BCUT2D eigenvalue weighted by molar-refractivity contribution is -0.154. The standard InChI is InChI=1S/C41H82NO7P/c1-3-5-7-9-11-13-15-17-18-19-20-21-23-25-27-29-31-33-36-46-38-40(39-48-50(44,45)47-37-35-42)49-41(43)34-32-30-28-26-24-22-16-14-12-10-8-6-4-2/h14,16,40H,3-13,15,17-39,42H2,1-2H3,(H,44,45)/b16-14-/t40-/m1/s1. The lowest BCUT2D eigenvalue weighted by Gasteiger charge is -2.20. The first-order valence-corrected chi connectivity index (χ1v) is 22.7. The summed E-state index contributed by atoms with van der Waals surface area (Å²) in [6, 6.07) is 0. The van der Waals surface area contributed by atoms with E-state index in [2.05, 4.69) is 26.0 Å². The van der Waals surface area contributed by atoms with E-state index in [0.717, 1.165) is 44.9 Å². The molecule has 0 aliphatic rings. The summed E-state index contributed by atoms with van der Waals surface area (Å²) in [7, 11) is -4.27. The van der Waals surface area contributed by atoms with Gasteiger partial charge in [-0.3, -0.25) is 13.8 Å². The predicted molar refractivity (Wildman–Crippen MR) is 210 cm³/mol. The highest BCUT2D eigenvalue weighted by Crippen LogP contribution is 2.43. The summed E-state index contributed by atoms with van der Waals surface area (Å²) in [5.41, 5.74) is 5.36. The van der Waals surface area contributed by atoms with E-state index in [0.29, 0.717) is 13.0 Å². The number of esters is 1. The van der Waals surface area contributed by atoms with Gasteiger partial charge in [0.15, 0.2) is 0 Å². The lowest BCUT2D eigenvalue weighted by atomic mass is 10.0. The van der Waals surface area contributed by atoms with Gasteiger partial charge in [-0.15, -0.1) is 0 Å². The highest BCUT2D eigenvalue weighted by Gasteiger charge is 2.25. The number of nitrogens with two attached hydrogens (primary N) is 1. The zero-order valence-corrected chi connectivity index (χ0v) is 33.8. The molecule has 9 heteroatoms. The van der Waals surface area contributed by atoms with Crippen molar-refractivity contribution in [1.82, 2.24) is 0 Å². The first-order valence-electron chi connectivity index (χ1n) is 21.2. The molecule has 0 radical (unpaired) electrons. The van der Waals surface area contributed by atoms with Crippen LogP contribution in [-0.4, -0.2) is 49.9 Å². The van der Waals surface area contributed by atoms with E-state index in [-0.39, 0.29) is 32.3 Å². The van der Waals surface area contributed by atoms with Crippen molar-refractivity contribution in [2.24, 2.45) is 5.73 Å². The van der Waals surface area contributed by atoms with Crippen LogP contribution < -0.4 is 5.73 Å². The number of hydrogen-bond acceptors (Lipinski definition) is 7. The lowest BCUT2D eigenvalue weighted by Crippen LogP contribution is -2.28. The fourth-order valence-electron chi connectivity index (χ4n) is 6.05. The number of hydrogen-bond donors (Lipinski definition) is 2. The minimum atomic E-state index is -4.27. The molecule has 0 fully saturated rings. The molecule has 0 aliphatic carbocycles. The summed E-state index contributed by atoms with van der Waals surface area (Å²) in [5, 5.41) is 0. The van der Waals surface area contributed by atoms with Crippen molar-refractivity contribution < 1.29 is 32.8 Å². The quantitative estimate of drug-likeness (QED) is 0.0276. The van der Waals surface area contributed by atoms with Gasteiger partial charge in [0.05, 0.1) is 19.8 Å². The summed E-state index contributed by atoms with van der Waals surface area (Å²) in [5.74, 6) is -0.336. The Balaban J connectivity index is 3.99. The second kappa shape index (κ2) is 39.4. The van der Waals surface area contributed by atoms with E-state index in [1.807, 2.05) is 0 Å². The molecule has 0 saturated carbocycles. The molecule has 298 valence electrons. The predicted octanol–water partition coefficient (Wildman–Crippen LogP) is 12.3. The molecule has 2 atom stereocenters. The topological polar surface area (TPSA) is 117 Å². The number of carbonyl (C=O) groups is 1. The molecule has 0 aromatic heterocycles. The Morgan fingerprint density at radius 3 is 1.48 bits per heavy atom. The van der Waals surface area contributed by atoms with Crippen LogP contribution >= 0.6 is 7.82 Å². The van der Waals surface area contributed by atoms with Crippen LogP contribution in [0.15, 0.2) is 12.2 Å². The average molecular weight is 732 g/mol. The molecule has 0 aromatic carbocycles. The molecular weight excluding hydrogens is 649 g/mol. The average Bonchev–Trinajstić information content (AvgIpc) is 3.10. The Bertz CT molecular complexity index is 782. The Hall–Kier alpha value is -0.760. The van der Waals surface area contributed by atoms with E-state index in [4.69, 9.17) is 24.3 Å². The molecule has 0 aliphatic heterocycles. The van der Waals surface area contributed by atoms with Crippen molar-refractivity contribution in [3.8, 4) is 0 Å². The third-order valence-corrected chi connectivity index (χ3v) is 10.2. The first kappa shape index (κ1) is 49.2. The molecular formula is C41H82NO7P. The van der Waals surface area contributed by atoms with Gasteiger partial charge in [0.25, 0.3) is 0 Å². The van der Waals surface area contributed by atoms with Crippen LogP contribution in [0.4, 0.5) is 0 Å². The van der Waals surface area contributed by atoms with Gasteiger partial charge in [0, 0.05) is 19.6 Å². The molecule has 3 N–H and O–H groups in total. The van der Waals surface area contributed by atoms with Gasteiger partial charge in [-0.1, -0.05) is 174 Å². The fraction of sp³-hybridized carbons (Fsp3) is 0.927. The Labute approximate surface area is 309 Å². The minimum Gasteiger partial charge on any atom is -0.457 e. The normalized spacial score (nSPS) is 13.6. The second-order valence-corrected chi connectivity index (χ2v) is 15.7. The molecule has 8 nitrogen and oxygen atoms in total. The maximum absolute atomic E-state index is 12.5. The van der Waals surface area contributed by atoms with Crippen molar-refractivity contribution >= 4 is 13.8 Å². The molecule has 1 unspecified atom stereocenters. The molecule has 0 spiro atoms. The minimum absolute atomic E-state index is 0.0938. The Morgan fingerprint density at radius 2 is 1.00 bits per heavy atom. The van der Waals surface area contributed by atoms with Gasteiger partial charge >= 0.3 is 13.8 Å². The molecule has 0 amide bonds. The number of ether oxygens (including phenoxy) is 2. The Morgan fingerprint density at radius 1 is 0.580 bits per heavy atom. The van der Waals surface area contributed by atoms with Crippen LogP contribution in [0.1, 0.15) is 206 Å². The fourth-order valence-corrected chi connectivity index (χ4v) is 6.82. The highest BCUT2D eigenvalue weighted by atomic mass is 31.2. The van der Waals surface area contributed by atoms with Gasteiger partial charge in [0.2, 0.25) is 0 Å². The van der Waals surface area contributed by atoms with Crippen LogP contribution in [0.25, 0.3) is 0 Å². The number of allylic oxidation sites excluding steroid dienone is 2. The SMILES string of the molecule is CCCCCC/C=C\CCCCCCCC(=O)O[C@H](COCCCCCCCCCCCCCCCCCCCC)COP(=O)(O)OCCN. The Kier molecular flexibility index (Phi) is 38.8. The number of phosphoric ester groups is 1. The van der Waals surface area contributed by atoms with Crippen LogP contribution in [0.2, 0.25) is 0 Å². The maximum Gasteiger partial charge on any atom is 0.472 e. The molecule has 0 heterocycles. The zero-order valence-electron chi connectivity index (χ0n) is 32.9. The van der Waals surface area contributed by atoms with Gasteiger partial charge in [0.1, 0.15) is 6.10 Å². The summed E-state index contributed by atoms with van der Waals surface area (Å²) >= 11 is 0. The van der Waals surface area contributed by atoms with Crippen molar-refractivity contribution in [3.63, 3.8) is 0 Å². The van der Waals surface area contributed by atoms with Gasteiger partial charge < -0.3 is 20.1 Å². The molecule has 0 saturated heterocycles. The van der Waals surface area contributed by atoms with E-state index in [1.165, 1.54) is 141 Å². The zero-order chi connectivity index (χ0) is 36.6. The highest BCUT2D eigenvalue weighted by molar-refractivity contribution is 7.47.